The second kappa shape index (κ2) is 4.32. The standard InChI is InChI=1S/C11H20O2Si/c1-9(2)14(12-5,10(3)4)11-7-6-8-13-11/h6-10H,1-5H3. The van der Waals surface area contributed by atoms with Crippen molar-refractivity contribution >= 4 is 13.7 Å². The molecule has 2 nitrogen and oxygen atoms in total. The van der Waals surface area contributed by atoms with Crippen molar-refractivity contribution in [1.29, 1.82) is 0 Å². The fraction of sp³-hybridized carbons (Fsp3) is 0.636. The summed E-state index contributed by atoms with van der Waals surface area (Å²) in [6, 6.07) is 4.00. The molecule has 14 heavy (non-hydrogen) atoms. The van der Waals surface area contributed by atoms with E-state index in [-0.39, 0.29) is 0 Å². The maximum atomic E-state index is 5.85. The molecular formula is C11H20O2Si. The van der Waals surface area contributed by atoms with E-state index in [0.29, 0.717) is 11.1 Å². The molecule has 1 aromatic heterocycles. The fourth-order valence-electron chi connectivity index (χ4n) is 2.31. The molecule has 0 spiro atoms. The molecule has 0 saturated heterocycles. The van der Waals surface area contributed by atoms with Crippen LogP contribution in [0.5, 0.6) is 0 Å². The lowest BCUT2D eigenvalue weighted by Gasteiger charge is -2.34. The van der Waals surface area contributed by atoms with Crippen molar-refractivity contribution in [3.8, 4) is 0 Å². The van der Waals surface area contributed by atoms with E-state index in [1.807, 2.05) is 13.2 Å². The Labute approximate surface area is 87.4 Å². The van der Waals surface area contributed by atoms with E-state index in [2.05, 4.69) is 33.8 Å². The normalized spacial score (nSPS) is 12.8. The summed E-state index contributed by atoms with van der Waals surface area (Å²) in [5.41, 5.74) is 1.05. The molecule has 0 aliphatic rings. The van der Waals surface area contributed by atoms with Gasteiger partial charge in [-0.15, -0.1) is 0 Å². The summed E-state index contributed by atoms with van der Waals surface area (Å²) in [6.45, 7) is 8.88. The van der Waals surface area contributed by atoms with Crippen molar-refractivity contribution in [3.63, 3.8) is 0 Å². The predicted molar refractivity (Wildman–Crippen MR) is 61.3 cm³/mol. The molecule has 0 bridgehead atoms. The van der Waals surface area contributed by atoms with Gasteiger partial charge in [0.15, 0.2) is 0 Å². The third-order valence-electron chi connectivity index (χ3n) is 2.96. The second-order valence-corrected chi connectivity index (χ2v) is 9.08. The Morgan fingerprint density at radius 1 is 1.21 bits per heavy atom. The Kier molecular flexibility index (Phi) is 3.56. The molecule has 0 saturated carbocycles. The Morgan fingerprint density at radius 2 is 1.79 bits per heavy atom. The zero-order valence-electron chi connectivity index (χ0n) is 9.70. The van der Waals surface area contributed by atoms with Crippen LogP contribution in [0.15, 0.2) is 22.8 Å². The monoisotopic (exact) mass is 212 g/mol. The third-order valence-corrected chi connectivity index (χ3v) is 8.12. The van der Waals surface area contributed by atoms with Crippen molar-refractivity contribution in [2.75, 3.05) is 7.11 Å². The highest BCUT2D eigenvalue weighted by Crippen LogP contribution is 2.32. The Morgan fingerprint density at radius 3 is 2.07 bits per heavy atom. The molecular weight excluding hydrogens is 192 g/mol. The van der Waals surface area contributed by atoms with Crippen molar-refractivity contribution < 1.29 is 8.84 Å². The SMILES string of the molecule is CO[Si](c1ccco1)(C(C)C)C(C)C. The molecule has 0 N–H and O–H groups in total. The summed E-state index contributed by atoms with van der Waals surface area (Å²) in [5, 5.41) is 1.06. The molecule has 0 unspecified atom stereocenters. The first-order chi connectivity index (χ1) is 6.55. The highest BCUT2D eigenvalue weighted by atomic mass is 28.4. The van der Waals surface area contributed by atoms with E-state index in [9.17, 15) is 0 Å². The summed E-state index contributed by atoms with van der Waals surface area (Å²) in [7, 11) is -0.101. The number of hydrogen-bond acceptors (Lipinski definition) is 2. The first-order valence-corrected chi connectivity index (χ1v) is 7.21. The molecule has 0 aliphatic carbocycles. The number of rotatable bonds is 4. The van der Waals surface area contributed by atoms with Gasteiger partial charge in [-0.2, -0.15) is 0 Å². The zero-order chi connectivity index (χ0) is 10.8. The van der Waals surface area contributed by atoms with Crippen LogP contribution < -0.4 is 5.38 Å². The van der Waals surface area contributed by atoms with E-state index in [1.165, 1.54) is 0 Å². The molecule has 1 aromatic rings. The van der Waals surface area contributed by atoms with E-state index in [1.54, 1.807) is 6.26 Å². The van der Waals surface area contributed by atoms with Crippen LogP contribution in [0.3, 0.4) is 0 Å². The van der Waals surface area contributed by atoms with Crippen LogP contribution in [-0.4, -0.2) is 15.4 Å². The van der Waals surface area contributed by atoms with Gasteiger partial charge in [-0.1, -0.05) is 27.7 Å². The molecule has 0 aromatic carbocycles. The van der Waals surface area contributed by atoms with Crippen LogP contribution in [0, 0.1) is 0 Å². The number of furan rings is 1. The molecule has 0 aliphatic heterocycles. The van der Waals surface area contributed by atoms with Crippen LogP contribution in [0.2, 0.25) is 11.1 Å². The lowest BCUT2D eigenvalue weighted by molar-refractivity contribution is 0.375. The van der Waals surface area contributed by atoms with Crippen molar-refractivity contribution in [1.82, 2.24) is 0 Å². The Bertz CT molecular complexity index is 257. The molecule has 80 valence electrons. The van der Waals surface area contributed by atoms with E-state index >= 15 is 0 Å². The van der Waals surface area contributed by atoms with Gasteiger partial charge in [0.25, 0.3) is 8.32 Å². The van der Waals surface area contributed by atoms with Crippen molar-refractivity contribution in [2.45, 2.75) is 38.8 Å². The minimum atomic E-state index is -1.91. The maximum Gasteiger partial charge on any atom is 0.268 e. The van der Waals surface area contributed by atoms with Gasteiger partial charge in [0, 0.05) is 7.11 Å². The molecule has 0 fully saturated rings. The van der Waals surface area contributed by atoms with Crippen LogP contribution in [0.4, 0.5) is 0 Å². The smallest absolute Gasteiger partial charge is 0.268 e. The predicted octanol–water partition coefficient (Wildman–Crippen LogP) is 2.90. The first kappa shape index (κ1) is 11.5. The third kappa shape index (κ3) is 1.66. The molecule has 3 heteroatoms. The average Bonchev–Trinajstić information content (AvgIpc) is 2.58. The van der Waals surface area contributed by atoms with Gasteiger partial charge in [-0.3, -0.25) is 0 Å². The number of hydrogen-bond donors (Lipinski definition) is 0. The Balaban J connectivity index is 3.15. The highest BCUT2D eigenvalue weighted by molar-refractivity contribution is 6.87. The lowest BCUT2D eigenvalue weighted by atomic mass is 10.5. The first-order valence-electron chi connectivity index (χ1n) is 5.14. The van der Waals surface area contributed by atoms with E-state index < -0.39 is 8.32 Å². The van der Waals surface area contributed by atoms with Crippen molar-refractivity contribution in [3.05, 3.63) is 18.4 Å². The van der Waals surface area contributed by atoms with Crippen LogP contribution >= 0.6 is 0 Å². The summed E-state index contributed by atoms with van der Waals surface area (Å²) < 4.78 is 11.4. The van der Waals surface area contributed by atoms with Crippen LogP contribution in [0.25, 0.3) is 0 Å². The van der Waals surface area contributed by atoms with E-state index in [4.69, 9.17) is 8.84 Å². The summed E-state index contributed by atoms with van der Waals surface area (Å²) >= 11 is 0. The van der Waals surface area contributed by atoms with Crippen LogP contribution in [0.1, 0.15) is 27.7 Å². The summed E-state index contributed by atoms with van der Waals surface area (Å²) in [6.07, 6.45) is 1.74. The highest BCUT2D eigenvalue weighted by Gasteiger charge is 2.45. The summed E-state index contributed by atoms with van der Waals surface area (Å²) in [4.78, 5) is 0. The fourth-order valence-corrected chi connectivity index (χ4v) is 6.53. The molecule has 1 rings (SSSR count). The minimum absolute atomic E-state index is 0.527. The second-order valence-electron chi connectivity index (χ2n) is 4.28. The van der Waals surface area contributed by atoms with Gasteiger partial charge in [-0.05, 0) is 23.2 Å². The summed E-state index contributed by atoms with van der Waals surface area (Å²) in [5.74, 6) is 0. The van der Waals surface area contributed by atoms with Gasteiger partial charge in [-0.25, -0.2) is 0 Å². The molecule has 0 radical (unpaired) electrons. The van der Waals surface area contributed by atoms with Gasteiger partial charge in [0.2, 0.25) is 0 Å². The Hall–Kier alpha value is -0.543. The van der Waals surface area contributed by atoms with Gasteiger partial charge in [0.1, 0.15) is 5.38 Å². The molecule has 0 atom stereocenters. The largest absolute Gasteiger partial charge is 0.471 e. The lowest BCUT2D eigenvalue weighted by Crippen LogP contribution is -2.54. The average molecular weight is 212 g/mol. The van der Waals surface area contributed by atoms with Gasteiger partial charge in [0.05, 0.1) is 6.26 Å². The van der Waals surface area contributed by atoms with Gasteiger partial charge < -0.3 is 8.84 Å². The zero-order valence-corrected chi connectivity index (χ0v) is 10.7. The topological polar surface area (TPSA) is 22.4 Å². The van der Waals surface area contributed by atoms with E-state index in [0.717, 1.165) is 5.38 Å². The molecule has 0 amide bonds. The van der Waals surface area contributed by atoms with Gasteiger partial charge >= 0.3 is 0 Å². The van der Waals surface area contributed by atoms with Crippen molar-refractivity contribution in [2.24, 2.45) is 0 Å². The molecule has 1 heterocycles. The minimum Gasteiger partial charge on any atom is -0.471 e. The van der Waals surface area contributed by atoms with Crippen LogP contribution in [-0.2, 0) is 4.43 Å². The quantitative estimate of drug-likeness (QED) is 0.716. The maximum absolute atomic E-state index is 5.85.